The third-order valence-electron chi connectivity index (χ3n) is 6.29. The van der Waals surface area contributed by atoms with Crippen LogP contribution in [0, 0.1) is 0 Å². The molecule has 0 radical (unpaired) electrons. The van der Waals surface area contributed by atoms with Crippen molar-refractivity contribution < 1.29 is 4.52 Å². The van der Waals surface area contributed by atoms with E-state index in [1.54, 1.807) is 6.07 Å². The Morgan fingerprint density at radius 2 is 1.81 bits per heavy atom. The molecule has 2 aromatic carbocycles. The molecule has 11 heteroatoms. The Morgan fingerprint density at radius 3 is 2.65 bits per heavy atom. The van der Waals surface area contributed by atoms with Gasteiger partial charge in [0.15, 0.2) is 0 Å². The third-order valence-corrected chi connectivity index (χ3v) is 6.85. The van der Waals surface area contributed by atoms with E-state index in [0.717, 1.165) is 53.9 Å². The molecule has 0 fully saturated rings. The molecule has 0 atom stereocenters. The summed E-state index contributed by atoms with van der Waals surface area (Å²) in [4.78, 5) is 21.5. The van der Waals surface area contributed by atoms with Gasteiger partial charge < -0.3 is 14.3 Å². The number of nitrogens with zero attached hydrogens (tertiary/aromatic N) is 8. The van der Waals surface area contributed by atoms with E-state index in [9.17, 15) is 4.79 Å². The maximum Gasteiger partial charge on any atom is 0.324 e. The average Bonchev–Trinajstić information content (AvgIpc) is 3.60. The van der Waals surface area contributed by atoms with E-state index < -0.39 is 0 Å². The zero-order valence-electron chi connectivity index (χ0n) is 21.0. The lowest BCUT2D eigenvalue weighted by Crippen LogP contribution is -2.33. The van der Waals surface area contributed by atoms with Gasteiger partial charge in [0.1, 0.15) is 11.0 Å². The highest BCUT2D eigenvalue weighted by atomic mass is 32.1. The Kier molecular flexibility index (Phi) is 7.33. The van der Waals surface area contributed by atoms with Gasteiger partial charge in [-0.2, -0.15) is 18.8 Å². The van der Waals surface area contributed by atoms with E-state index in [1.807, 2.05) is 42.5 Å². The highest BCUT2D eigenvalue weighted by Crippen LogP contribution is 2.23. The zero-order chi connectivity index (χ0) is 25.8. The number of rotatable bonds is 10. The van der Waals surface area contributed by atoms with E-state index in [0.29, 0.717) is 24.1 Å². The number of likely N-dealkylation sites (N-methyl/N-ethyl adjacent to an activating group) is 2. The molecule has 0 bridgehead atoms. The van der Waals surface area contributed by atoms with Crippen LogP contribution >= 0.6 is 11.7 Å². The highest BCUT2D eigenvalue weighted by molar-refractivity contribution is 7.00. The van der Waals surface area contributed by atoms with Crippen molar-refractivity contribution in [3.05, 3.63) is 70.5 Å². The van der Waals surface area contributed by atoms with E-state index >= 15 is 0 Å². The van der Waals surface area contributed by atoms with E-state index in [-0.39, 0.29) is 5.56 Å². The van der Waals surface area contributed by atoms with Crippen LogP contribution < -0.4 is 10.5 Å². The summed E-state index contributed by atoms with van der Waals surface area (Å²) in [6, 6.07) is 17.3. The highest BCUT2D eigenvalue weighted by Gasteiger charge is 2.15. The van der Waals surface area contributed by atoms with Crippen molar-refractivity contribution in [2.24, 2.45) is 0 Å². The molecule has 0 spiro atoms. The van der Waals surface area contributed by atoms with Crippen LogP contribution in [0.4, 0.5) is 6.01 Å². The Hall–Kier alpha value is -3.96. The number of aromatic nitrogens is 6. The molecule has 3 aromatic heterocycles. The molecule has 0 aliphatic heterocycles. The van der Waals surface area contributed by atoms with Crippen LogP contribution in [0.25, 0.3) is 33.7 Å². The van der Waals surface area contributed by atoms with Gasteiger partial charge in [-0.05, 0) is 50.3 Å². The fourth-order valence-electron chi connectivity index (χ4n) is 3.94. The van der Waals surface area contributed by atoms with Crippen molar-refractivity contribution in [2.75, 3.05) is 38.1 Å². The second-order valence-electron chi connectivity index (χ2n) is 8.76. The van der Waals surface area contributed by atoms with Crippen molar-refractivity contribution >= 4 is 28.8 Å². The molecule has 3 heterocycles. The molecular formula is C26H28N8O2S. The number of fused-ring (bicyclic) bond motifs is 1. The molecule has 0 unspecified atom stereocenters. The second-order valence-corrected chi connectivity index (χ2v) is 9.29. The largest absolute Gasteiger partial charge is 0.324 e. The van der Waals surface area contributed by atoms with Crippen molar-refractivity contribution in [1.82, 2.24) is 33.6 Å². The fraction of sp³-hybridized carbons (Fsp3) is 0.308. The summed E-state index contributed by atoms with van der Waals surface area (Å²) < 4.78 is 15.6. The number of hydrogen-bond acceptors (Lipinski definition) is 10. The maximum atomic E-state index is 12.6. The van der Waals surface area contributed by atoms with Crippen molar-refractivity contribution in [2.45, 2.75) is 20.4 Å². The van der Waals surface area contributed by atoms with Crippen LogP contribution in [0.5, 0.6) is 0 Å². The molecule has 190 valence electrons. The van der Waals surface area contributed by atoms with Crippen LogP contribution in [0.1, 0.15) is 19.4 Å². The molecular weight excluding hydrogens is 488 g/mol. The van der Waals surface area contributed by atoms with E-state index in [1.165, 1.54) is 22.5 Å². The smallest absolute Gasteiger partial charge is 0.323 e. The van der Waals surface area contributed by atoms with Crippen LogP contribution in [0.3, 0.4) is 0 Å². The fourth-order valence-corrected chi connectivity index (χ4v) is 4.46. The molecule has 0 saturated carbocycles. The predicted molar refractivity (Wildman–Crippen MR) is 145 cm³/mol. The van der Waals surface area contributed by atoms with E-state index in [4.69, 9.17) is 4.52 Å². The quantitative estimate of drug-likeness (QED) is 0.274. The van der Waals surface area contributed by atoms with Gasteiger partial charge in [0.2, 0.25) is 5.82 Å². The summed E-state index contributed by atoms with van der Waals surface area (Å²) in [7, 11) is 2.09. The van der Waals surface area contributed by atoms with Gasteiger partial charge in [-0.1, -0.05) is 36.3 Å². The minimum absolute atomic E-state index is 0.178. The van der Waals surface area contributed by atoms with Crippen molar-refractivity contribution in [3.63, 3.8) is 0 Å². The Bertz CT molecular complexity index is 1560. The van der Waals surface area contributed by atoms with Gasteiger partial charge in [-0.3, -0.25) is 4.79 Å². The van der Waals surface area contributed by atoms with Gasteiger partial charge in [0.25, 0.3) is 5.56 Å². The first-order chi connectivity index (χ1) is 18.0. The Balaban J connectivity index is 1.36. The van der Waals surface area contributed by atoms with Gasteiger partial charge in [-0.15, -0.1) is 0 Å². The first-order valence-corrected chi connectivity index (χ1v) is 12.9. The zero-order valence-corrected chi connectivity index (χ0v) is 21.9. The summed E-state index contributed by atoms with van der Waals surface area (Å²) in [5.74, 6) is 0.512. The first kappa shape index (κ1) is 24.7. The lowest BCUT2D eigenvalue weighted by Gasteiger charge is -2.21. The summed E-state index contributed by atoms with van der Waals surface area (Å²) in [5.41, 5.74) is 4.79. The summed E-state index contributed by atoms with van der Waals surface area (Å²) in [6.45, 7) is 7.99. The van der Waals surface area contributed by atoms with Gasteiger partial charge >= 0.3 is 6.01 Å². The molecule has 37 heavy (non-hydrogen) atoms. The average molecular weight is 517 g/mol. The normalized spacial score (nSPS) is 11.5. The van der Waals surface area contributed by atoms with Crippen LogP contribution in [-0.2, 0) is 6.54 Å². The Labute approximate surface area is 218 Å². The lowest BCUT2D eigenvalue weighted by atomic mass is 10.1. The van der Waals surface area contributed by atoms with Crippen LogP contribution in [0.2, 0.25) is 0 Å². The van der Waals surface area contributed by atoms with Gasteiger partial charge in [-0.25, -0.2) is 4.68 Å². The summed E-state index contributed by atoms with van der Waals surface area (Å²) in [6.07, 6.45) is 0. The number of anilines is 1. The number of hydrogen-bond donors (Lipinski definition) is 0. The minimum atomic E-state index is -0.178. The predicted octanol–water partition coefficient (Wildman–Crippen LogP) is 3.79. The van der Waals surface area contributed by atoms with Gasteiger partial charge in [0.05, 0.1) is 24.0 Å². The summed E-state index contributed by atoms with van der Waals surface area (Å²) >= 11 is 1.18. The molecule has 0 saturated heterocycles. The van der Waals surface area contributed by atoms with Crippen molar-refractivity contribution in [3.8, 4) is 22.6 Å². The molecule has 0 amide bonds. The first-order valence-electron chi connectivity index (χ1n) is 12.2. The SMILES string of the molecule is CCN(C)CCN(CC)c1nc(-c2cccc(Cn3nc(-c4ccc5nsnc5c4)ccc3=O)c2)no1. The monoisotopic (exact) mass is 516 g/mol. The molecule has 0 aliphatic carbocycles. The van der Waals surface area contributed by atoms with Crippen LogP contribution in [-0.4, -0.2) is 66.8 Å². The van der Waals surface area contributed by atoms with E-state index in [2.05, 4.69) is 54.7 Å². The molecule has 0 aliphatic rings. The second kappa shape index (κ2) is 11.0. The van der Waals surface area contributed by atoms with Gasteiger partial charge in [0, 0.05) is 36.8 Å². The molecule has 5 rings (SSSR count). The molecule has 0 N–H and O–H groups in total. The standard InChI is InChI=1S/C26H28N8O2S/c1-4-32(3)13-14-33(5-2)26-27-25(29-36-26)20-8-6-7-18(15-20)17-34-24(35)12-11-21(28-34)19-9-10-22-23(16-19)31-37-30-22/h6-12,15-16H,4-5,13-14,17H2,1-3H3. The maximum absolute atomic E-state index is 12.6. The summed E-state index contributed by atoms with van der Waals surface area (Å²) in [5, 5.41) is 8.82. The number of benzene rings is 2. The third kappa shape index (κ3) is 5.57. The molecule has 5 aromatic rings. The Morgan fingerprint density at radius 1 is 0.946 bits per heavy atom. The van der Waals surface area contributed by atoms with Crippen LogP contribution in [0.15, 0.2) is 63.9 Å². The molecule has 10 nitrogen and oxygen atoms in total. The lowest BCUT2D eigenvalue weighted by molar-refractivity contribution is 0.349. The van der Waals surface area contributed by atoms with Crippen molar-refractivity contribution in [1.29, 1.82) is 0 Å². The topological polar surface area (TPSA) is 106 Å². The minimum Gasteiger partial charge on any atom is -0.323 e.